The zero-order chi connectivity index (χ0) is 21.4. The SMILES string of the molecule is Cc1c(-c2ccccc2)c(=O)oc2cc(N[C@@H]3C(O)OC(CO)[C@@H](O)C3O)ccc12. The van der Waals surface area contributed by atoms with Crippen LogP contribution >= 0.6 is 0 Å². The van der Waals surface area contributed by atoms with Crippen LogP contribution in [0, 0.1) is 6.92 Å². The Balaban J connectivity index is 1.67. The van der Waals surface area contributed by atoms with E-state index in [-0.39, 0.29) is 0 Å². The van der Waals surface area contributed by atoms with Crippen molar-refractivity contribution < 1.29 is 29.6 Å². The summed E-state index contributed by atoms with van der Waals surface area (Å²) < 4.78 is 10.7. The second kappa shape index (κ2) is 8.17. The minimum absolute atomic E-state index is 0.344. The molecule has 1 aliphatic rings. The van der Waals surface area contributed by atoms with Gasteiger partial charge in [0.2, 0.25) is 0 Å². The van der Waals surface area contributed by atoms with E-state index in [1.807, 2.05) is 37.3 Å². The lowest BCUT2D eigenvalue weighted by atomic mass is 9.96. The lowest BCUT2D eigenvalue weighted by Gasteiger charge is -2.40. The molecule has 0 radical (unpaired) electrons. The number of hydrogen-bond donors (Lipinski definition) is 5. The van der Waals surface area contributed by atoms with Crippen molar-refractivity contribution in [1.29, 1.82) is 0 Å². The maximum Gasteiger partial charge on any atom is 0.344 e. The molecular formula is C22H23NO7. The molecule has 1 aliphatic heterocycles. The van der Waals surface area contributed by atoms with Crippen molar-refractivity contribution in [3.8, 4) is 11.1 Å². The molecule has 3 aromatic rings. The zero-order valence-electron chi connectivity index (χ0n) is 16.2. The van der Waals surface area contributed by atoms with Crippen LogP contribution in [-0.4, -0.2) is 57.7 Å². The summed E-state index contributed by atoms with van der Waals surface area (Å²) in [6.07, 6.45) is -5.28. The van der Waals surface area contributed by atoms with Crippen LogP contribution < -0.4 is 10.9 Å². The van der Waals surface area contributed by atoms with Gasteiger partial charge in [-0.3, -0.25) is 0 Å². The molecule has 0 aliphatic carbocycles. The van der Waals surface area contributed by atoms with E-state index in [0.29, 0.717) is 16.8 Å². The fraction of sp³-hybridized carbons (Fsp3) is 0.318. The Kier molecular flexibility index (Phi) is 5.59. The number of benzene rings is 2. The predicted octanol–water partition coefficient (Wildman–Crippen LogP) is 0.980. The molecule has 4 rings (SSSR count). The summed E-state index contributed by atoms with van der Waals surface area (Å²) in [5, 5.41) is 43.3. The fourth-order valence-electron chi connectivity index (χ4n) is 3.83. The van der Waals surface area contributed by atoms with E-state index in [9.17, 15) is 25.2 Å². The van der Waals surface area contributed by atoms with Gasteiger partial charge in [0.1, 0.15) is 29.9 Å². The number of fused-ring (bicyclic) bond motifs is 1. The highest BCUT2D eigenvalue weighted by Gasteiger charge is 2.43. The summed E-state index contributed by atoms with van der Waals surface area (Å²) >= 11 is 0. The third kappa shape index (κ3) is 3.60. The molecule has 1 fully saturated rings. The second-order valence-corrected chi connectivity index (χ2v) is 7.37. The van der Waals surface area contributed by atoms with E-state index in [2.05, 4.69) is 5.32 Å². The molecule has 8 heteroatoms. The van der Waals surface area contributed by atoms with Crippen LogP contribution in [-0.2, 0) is 4.74 Å². The van der Waals surface area contributed by atoms with Gasteiger partial charge < -0.3 is 34.9 Å². The number of ether oxygens (including phenoxy) is 1. The highest BCUT2D eigenvalue weighted by atomic mass is 16.6. The van der Waals surface area contributed by atoms with Crippen LogP contribution in [0.25, 0.3) is 22.1 Å². The lowest BCUT2D eigenvalue weighted by molar-refractivity contribution is -0.245. The predicted molar refractivity (Wildman–Crippen MR) is 110 cm³/mol. The molecule has 3 unspecified atom stereocenters. The van der Waals surface area contributed by atoms with Crippen molar-refractivity contribution in [2.24, 2.45) is 0 Å². The minimum Gasteiger partial charge on any atom is -0.422 e. The molecule has 30 heavy (non-hydrogen) atoms. The number of rotatable bonds is 4. The Labute approximate surface area is 172 Å². The molecule has 0 amide bonds. The van der Waals surface area contributed by atoms with Gasteiger partial charge in [-0.05, 0) is 30.2 Å². The van der Waals surface area contributed by atoms with E-state index in [4.69, 9.17) is 9.15 Å². The molecule has 8 nitrogen and oxygen atoms in total. The van der Waals surface area contributed by atoms with E-state index >= 15 is 0 Å². The molecule has 1 aromatic heterocycles. The van der Waals surface area contributed by atoms with Crippen molar-refractivity contribution >= 4 is 16.7 Å². The maximum absolute atomic E-state index is 12.6. The Morgan fingerprint density at radius 2 is 1.77 bits per heavy atom. The van der Waals surface area contributed by atoms with Gasteiger partial charge in [-0.2, -0.15) is 0 Å². The monoisotopic (exact) mass is 413 g/mol. The van der Waals surface area contributed by atoms with Crippen LogP contribution in [0.3, 0.4) is 0 Å². The molecule has 5 N–H and O–H groups in total. The maximum atomic E-state index is 12.6. The van der Waals surface area contributed by atoms with Gasteiger partial charge in [0.25, 0.3) is 0 Å². The first-order valence-electron chi connectivity index (χ1n) is 9.60. The Hall–Kier alpha value is -2.75. The molecule has 1 saturated heterocycles. The Bertz CT molecular complexity index is 1100. The topological polar surface area (TPSA) is 132 Å². The third-order valence-corrected chi connectivity index (χ3v) is 5.46. The van der Waals surface area contributed by atoms with E-state index in [1.54, 1.807) is 18.2 Å². The molecule has 2 aromatic carbocycles. The second-order valence-electron chi connectivity index (χ2n) is 7.37. The first-order valence-corrected chi connectivity index (χ1v) is 9.60. The lowest BCUT2D eigenvalue weighted by Crippen LogP contribution is -2.61. The molecule has 0 spiro atoms. The number of aliphatic hydroxyl groups excluding tert-OH is 4. The number of nitrogens with one attached hydrogen (secondary N) is 1. The quantitative estimate of drug-likeness (QED) is 0.400. The first kappa shape index (κ1) is 20.5. The van der Waals surface area contributed by atoms with Crippen LogP contribution in [0.2, 0.25) is 0 Å². The Morgan fingerprint density at radius 1 is 1.03 bits per heavy atom. The minimum atomic E-state index is -1.45. The molecule has 5 atom stereocenters. The van der Waals surface area contributed by atoms with Crippen molar-refractivity contribution in [2.45, 2.75) is 37.6 Å². The summed E-state index contributed by atoms with van der Waals surface area (Å²) in [4.78, 5) is 12.6. The van der Waals surface area contributed by atoms with Crippen molar-refractivity contribution in [3.05, 3.63) is 64.5 Å². The van der Waals surface area contributed by atoms with Gasteiger partial charge in [0, 0.05) is 17.1 Å². The smallest absolute Gasteiger partial charge is 0.344 e. The highest BCUT2D eigenvalue weighted by molar-refractivity contribution is 5.88. The summed E-state index contributed by atoms with van der Waals surface area (Å²) in [6, 6.07) is 13.3. The van der Waals surface area contributed by atoms with Gasteiger partial charge in [-0.25, -0.2) is 4.79 Å². The largest absolute Gasteiger partial charge is 0.422 e. The average Bonchev–Trinajstić information content (AvgIpc) is 2.74. The summed E-state index contributed by atoms with van der Waals surface area (Å²) in [5.41, 5.74) is 2.38. The molecule has 0 saturated carbocycles. The van der Waals surface area contributed by atoms with Gasteiger partial charge in [-0.15, -0.1) is 0 Å². The van der Waals surface area contributed by atoms with Gasteiger partial charge >= 0.3 is 5.63 Å². The van der Waals surface area contributed by atoms with Gasteiger partial charge in [-0.1, -0.05) is 30.3 Å². The molecular weight excluding hydrogens is 390 g/mol. The normalized spacial score (nSPS) is 26.6. The number of aryl methyl sites for hydroxylation is 1. The van der Waals surface area contributed by atoms with Crippen molar-refractivity contribution in [2.75, 3.05) is 11.9 Å². The van der Waals surface area contributed by atoms with Crippen LogP contribution in [0.4, 0.5) is 5.69 Å². The first-order chi connectivity index (χ1) is 14.4. The highest BCUT2D eigenvalue weighted by Crippen LogP contribution is 2.29. The van der Waals surface area contributed by atoms with Gasteiger partial charge in [0.15, 0.2) is 6.29 Å². The zero-order valence-corrected chi connectivity index (χ0v) is 16.2. The van der Waals surface area contributed by atoms with E-state index in [0.717, 1.165) is 16.5 Å². The average molecular weight is 413 g/mol. The van der Waals surface area contributed by atoms with Gasteiger partial charge in [0.05, 0.1) is 12.2 Å². The van der Waals surface area contributed by atoms with E-state index < -0.39 is 42.9 Å². The summed E-state index contributed by atoms with van der Waals surface area (Å²) in [7, 11) is 0. The molecule has 0 bridgehead atoms. The third-order valence-electron chi connectivity index (χ3n) is 5.46. The number of aliphatic hydroxyl groups is 4. The standard InChI is InChI=1S/C22H23NO7/c1-11-14-8-7-13(23-18-20(26)19(25)16(10-24)30-22(18)28)9-15(14)29-21(27)17(11)12-5-3-2-4-6-12/h2-9,16,18-20,22-26,28H,10H2,1H3/t16?,18-,19+,20?,22?/m0/s1. The van der Waals surface area contributed by atoms with E-state index in [1.165, 1.54) is 0 Å². The molecule has 158 valence electrons. The fourth-order valence-corrected chi connectivity index (χ4v) is 3.83. The Morgan fingerprint density at radius 3 is 2.47 bits per heavy atom. The van der Waals surface area contributed by atoms with Crippen LogP contribution in [0.15, 0.2) is 57.7 Å². The van der Waals surface area contributed by atoms with Crippen LogP contribution in [0.1, 0.15) is 5.56 Å². The number of hydrogen-bond acceptors (Lipinski definition) is 8. The number of anilines is 1. The summed E-state index contributed by atoms with van der Waals surface area (Å²) in [6.45, 7) is 1.31. The summed E-state index contributed by atoms with van der Waals surface area (Å²) in [5.74, 6) is 0. The van der Waals surface area contributed by atoms with Crippen molar-refractivity contribution in [1.82, 2.24) is 0 Å². The van der Waals surface area contributed by atoms with Crippen molar-refractivity contribution in [3.63, 3.8) is 0 Å². The molecule has 2 heterocycles. The van der Waals surface area contributed by atoms with Crippen LogP contribution in [0.5, 0.6) is 0 Å².